The molecule has 7 aliphatic heterocycles. The molecule has 5 aromatic rings. The van der Waals surface area contributed by atoms with Gasteiger partial charge in [0.1, 0.15) is 35.9 Å². The van der Waals surface area contributed by atoms with Gasteiger partial charge in [0, 0.05) is 97.0 Å². The minimum absolute atomic E-state index is 0. The molecule has 0 radical (unpaired) electrons. The summed E-state index contributed by atoms with van der Waals surface area (Å²) in [5, 5.41) is 43.2. The van der Waals surface area contributed by atoms with E-state index in [1.807, 2.05) is 18.2 Å². The van der Waals surface area contributed by atoms with Gasteiger partial charge in [0.05, 0.1) is 27.2 Å². The number of nitrogens with zero attached hydrogens (tertiary/aromatic N) is 5. The fraction of sp³-hybridized carbons (Fsp3) is 0.365. The minimum Gasteiger partial charge on any atom is -0.508 e. The van der Waals surface area contributed by atoms with Crippen molar-refractivity contribution in [1.29, 1.82) is 0 Å². The number of nitro groups is 2. The largest absolute Gasteiger partial charge is 0.508 e. The number of nitro benzene ring substituents is 2. The van der Waals surface area contributed by atoms with Crippen molar-refractivity contribution in [2.75, 3.05) is 55.3 Å². The number of carboxylic acids is 1. The van der Waals surface area contributed by atoms with Crippen LogP contribution in [0.3, 0.4) is 0 Å². The molecule has 21 heteroatoms. The number of aromatic carboxylic acids is 1. The molecule has 0 atom stereocenters. The Morgan fingerprint density at radius 2 is 1.19 bits per heavy atom. The zero-order valence-corrected chi connectivity index (χ0v) is 42.2. The molecule has 0 saturated carbocycles. The Balaban J connectivity index is 0.000000198. The molecule has 12 rings (SSSR count). The second kappa shape index (κ2) is 22.7. The molecule has 0 bridgehead atoms. The third kappa shape index (κ3) is 11.7. The monoisotopic (exact) mass is 1040 g/mol. The summed E-state index contributed by atoms with van der Waals surface area (Å²) in [4.78, 5) is 37.0. The van der Waals surface area contributed by atoms with Gasteiger partial charge in [-0.3, -0.25) is 24.8 Å². The average molecular weight is 1040 g/mol. The van der Waals surface area contributed by atoms with E-state index in [1.165, 1.54) is 101 Å². The van der Waals surface area contributed by atoms with Gasteiger partial charge in [-0.25, -0.2) is 9.37 Å². The number of phenols is 1. The molecule has 73 heavy (non-hydrogen) atoms. The third-order valence-electron chi connectivity index (χ3n) is 13.8. The molecular weight excluding hydrogens is 983 g/mol. The van der Waals surface area contributed by atoms with Crippen molar-refractivity contribution in [2.45, 2.75) is 77.0 Å². The van der Waals surface area contributed by atoms with E-state index in [1.54, 1.807) is 12.1 Å². The van der Waals surface area contributed by atoms with Crippen LogP contribution in [0.4, 0.5) is 22.7 Å². The highest BCUT2D eigenvalue weighted by atomic mass is 32.2. The second-order valence-corrected chi connectivity index (χ2v) is 20.3. The lowest BCUT2D eigenvalue weighted by Crippen LogP contribution is -2.45. The van der Waals surface area contributed by atoms with Gasteiger partial charge in [0.15, 0.2) is 0 Å². The summed E-state index contributed by atoms with van der Waals surface area (Å²) < 4.78 is 60.8. The van der Waals surface area contributed by atoms with Crippen molar-refractivity contribution < 1.29 is 56.6 Å². The number of anilines is 2. The zero-order chi connectivity index (χ0) is 51.4. The van der Waals surface area contributed by atoms with Crippen LogP contribution < -0.4 is 29.7 Å². The standard InChI is InChI=1S/C31H30N3O3.C12H15NO.C7H5NO4.CH4O3S.CH3.O3S.H2/c35-34(36)26-12-2-1-9-21(26)27-24-17-19-7-3-13-32-15-5-10-22(28(19)32)30(24)37-31-23-11-6-16-33-14-4-8-20(29(23)33)18-25(27)31;14-11-6-5-9-3-1-7-13-8-2-4-10(11)12(9)13;9-7(10)5-3-1-2-4-6(5)8(11)12;1-5(2,3)4;;1-4(2)3;/h1-2,9,12,17-18H,3-8,10-11,13-16H2;5-6,14H,1-4,7-8H2;1-4H,(H,9,10);1H3,(H,2,3,4);1H3;;1H/q+1;;;;-1;;/i;;;;;;1+1. The van der Waals surface area contributed by atoms with E-state index in [-0.39, 0.29) is 30.7 Å². The van der Waals surface area contributed by atoms with Crippen molar-refractivity contribution in [2.24, 2.45) is 0 Å². The predicted octanol–water partition coefficient (Wildman–Crippen LogP) is 6.61. The maximum Gasteiger partial charge on any atom is 0.425 e. The summed E-state index contributed by atoms with van der Waals surface area (Å²) in [6.45, 7) is 6.74. The Morgan fingerprint density at radius 3 is 1.79 bits per heavy atom. The van der Waals surface area contributed by atoms with Gasteiger partial charge in [-0.15, -0.1) is 12.6 Å². The Morgan fingerprint density at radius 1 is 0.685 bits per heavy atom. The van der Waals surface area contributed by atoms with Gasteiger partial charge in [-0.05, 0) is 106 Å². The summed E-state index contributed by atoms with van der Waals surface area (Å²) >= 11 is 0. The topological polar surface area (TPSA) is 268 Å². The van der Waals surface area contributed by atoms with Gasteiger partial charge < -0.3 is 32.2 Å². The average Bonchev–Trinajstić information content (AvgIpc) is 3.35. The van der Waals surface area contributed by atoms with Gasteiger partial charge in [-0.1, -0.05) is 30.3 Å². The third-order valence-corrected chi connectivity index (χ3v) is 13.8. The maximum absolute atomic E-state index is 12.3. The number of aryl methyl sites for hydroxylation is 3. The molecule has 0 aliphatic carbocycles. The van der Waals surface area contributed by atoms with E-state index >= 15 is 0 Å². The highest BCUT2D eigenvalue weighted by Gasteiger charge is 2.37. The van der Waals surface area contributed by atoms with E-state index in [0.29, 0.717) is 17.6 Å². The predicted molar refractivity (Wildman–Crippen MR) is 276 cm³/mol. The molecule has 3 N–H and O–H groups in total. The van der Waals surface area contributed by atoms with E-state index in [9.17, 15) is 38.5 Å². The summed E-state index contributed by atoms with van der Waals surface area (Å²) in [5.41, 5.74) is 12.9. The van der Waals surface area contributed by atoms with Crippen LogP contribution in [-0.4, -0.2) is 97.2 Å². The molecule has 0 amide bonds. The summed E-state index contributed by atoms with van der Waals surface area (Å²) in [6.07, 6.45) is 14.0. The second-order valence-electron chi connectivity index (χ2n) is 18.4. The van der Waals surface area contributed by atoms with Crippen LogP contribution >= 0.6 is 0 Å². The van der Waals surface area contributed by atoms with Gasteiger partial charge in [-0.2, -0.15) is 8.42 Å². The number of hydrogen-bond donors (Lipinski definition) is 3. The number of benzene rings is 5. The first-order valence-electron chi connectivity index (χ1n) is 23.8. The molecular formula is C52H59N5O14S2. The van der Waals surface area contributed by atoms with Crippen molar-refractivity contribution >= 4 is 55.0 Å². The van der Waals surface area contributed by atoms with Crippen LogP contribution in [-0.2, 0) is 59.3 Å². The fourth-order valence-corrected chi connectivity index (χ4v) is 11.2. The van der Waals surface area contributed by atoms with Gasteiger partial charge >= 0.3 is 16.6 Å². The molecule has 19 nitrogen and oxygen atoms in total. The van der Waals surface area contributed by atoms with Crippen LogP contribution in [0.1, 0.15) is 94.8 Å². The van der Waals surface area contributed by atoms with Crippen LogP contribution in [0.15, 0.2) is 72.8 Å². The summed E-state index contributed by atoms with van der Waals surface area (Å²) in [5.74, 6) is 1.09. The number of para-hydroxylation sites is 2. The Labute approximate surface area is 425 Å². The number of ether oxygens (including phenoxy) is 1. The Bertz CT molecular complexity index is 3340. The van der Waals surface area contributed by atoms with Crippen molar-refractivity contribution in [3.05, 3.63) is 161 Å². The van der Waals surface area contributed by atoms with E-state index in [0.717, 1.165) is 118 Å². The van der Waals surface area contributed by atoms with Crippen LogP contribution in [0.5, 0.6) is 17.2 Å². The number of phenolic OH excluding ortho intramolecular Hbond substituents is 1. The lowest BCUT2D eigenvalue weighted by molar-refractivity contribution is -0.385. The van der Waals surface area contributed by atoms with Gasteiger partial charge in [0.25, 0.3) is 21.5 Å². The molecule has 0 saturated heterocycles. The number of carbonyl (C=O) groups is 1. The zero-order valence-electron chi connectivity index (χ0n) is 40.5. The lowest BCUT2D eigenvalue weighted by Gasteiger charge is -2.39. The van der Waals surface area contributed by atoms with E-state index in [2.05, 4.69) is 32.6 Å². The van der Waals surface area contributed by atoms with E-state index < -0.39 is 31.6 Å². The molecule has 5 aromatic carbocycles. The maximum atomic E-state index is 12.3. The number of fused-ring (bicyclic) bond motifs is 4. The summed E-state index contributed by atoms with van der Waals surface area (Å²) in [6, 6.07) is 21.0. The number of hydrogen-bond acceptors (Lipinski definition) is 14. The first-order chi connectivity index (χ1) is 34.4. The van der Waals surface area contributed by atoms with Gasteiger partial charge in [0.2, 0.25) is 5.36 Å². The first-order valence-corrected chi connectivity index (χ1v) is 26.7. The number of aromatic hydroxyl groups is 1. The minimum atomic E-state index is -3.67. The van der Waals surface area contributed by atoms with Crippen LogP contribution in [0.2, 0.25) is 0 Å². The molecule has 0 fully saturated rings. The van der Waals surface area contributed by atoms with Crippen molar-refractivity contribution in [3.8, 4) is 17.2 Å². The molecule has 0 unspecified atom stereocenters. The molecule has 388 valence electrons. The normalized spacial score (nSPS) is 15.9. The smallest absolute Gasteiger partial charge is 0.425 e. The van der Waals surface area contributed by atoms with Crippen molar-refractivity contribution in [3.63, 3.8) is 0 Å². The molecule has 7 heterocycles. The van der Waals surface area contributed by atoms with E-state index in [4.69, 9.17) is 27.0 Å². The fourth-order valence-electron chi connectivity index (χ4n) is 11.2. The summed E-state index contributed by atoms with van der Waals surface area (Å²) in [7, 11) is -6.78. The number of carboxylic acid groups (broad SMARTS) is 1. The molecule has 0 spiro atoms. The molecule has 0 aromatic heterocycles. The number of rotatable bonds is 4. The highest BCUT2D eigenvalue weighted by molar-refractivity contribution is 7.85. The van der Waals surface area contributed by atoms with Crippen LogP contribution in [0.25, 0.3) is 5.57 Å². The Kier molecular flexibility index (Phi) is 16.6. The Hall–Kier alpha value is -7.23. The highest BCUT2D eigenvalue weighted by Crippen LogP contribution is 2.49. The van der Waals surface area contributed by atoms with Crippen LogP contribution in [0, 0.1) is 27.7 Å². The molecule has 7 aliphatic rings. The quantitative estimate of drug-likeness (QED) is 0.0551. The lowest BCUT2D eigenvalue weighted by atomic mass is 9.82. The SMILES string of the molecule is CS(=O)(=O)O.O=C(O)c1ccccc1[N+](=O)[O-].O=S(=O)=O.O=[N+]([O-])c1ccccc1C1=c2cc3c4c(c2Oc2c1cc1c5c2CCCN5CCC1)CCC[N+]=4CCC3.Oc1ccc2c3c1CCCN3CCC2.[2HH].[CH3-]. The van der Waals surface area contributed by atoms with Crippen molar-refractivity contribution in [1.82, 2.24) is 4.58 Å². The first kappa shape index (κ1) is 53.6.